The van der Waals surface area contributed by atoms with Crippen molar-refractivity contribution in [1.82, 2.24) is 15.2 Å². The van der Waals surface area contributed by atoms with Crippen molar-refractivity contribution in [2.45, 2.75) is 45.7 Å². The standard InChI is InChI=1S/C13H24N4O/c1-3-11-7-12(17(4-2)16-11)8-13(15-14)10-5-6-18-9-10/h7,10,13,15H,3-6,8-9,14H2,1-2H3. The monoisotopic (exact) mass is 252 g/mol. The summed E-state index contributed by atoms with van der Waals surface area (Å²) in [5.74, 6) is 6.21. The van der Waals surface area contributed by atoms with E-state index in [9.17, 15) is 0 Å². The zero-order valence-electron chi connectivity index (χ0n) is 11.4. The van der Waals surface area contributed by atoms with Crippen molar-refractivity contribution >= 4 is 0 Å². The number of nitrogens with two attached hydrogens (primary N) is 1. The molecule has 1 saturated heterocycles. The second-order valence-electron chi connectivity index (χ2n) is 4.90. The molecule has 2 atom stereocenters. The molecule has 0 aromatic carbocycles. The second kappa shape index (κ2) is 6.31. The van der Waals surface area contributed by atoms with Crippen LogP contribution in [0.5, 0.6) is 0 Å². The fraction of sp³-hybridized carbons (Fsp3) is 0.769. The first-order valence-corrected chi connectivity index (χ1v) is 6.87. The van der Waals surface area contributed by atoms with Gasteiger partial charge >= 0.3 is 0 Å². The van der Waals surface area contributed by atoms with Gasteiger partial charge in [0.05, 0.1) is 12.3 Å². The van der Waals surface area contributed by atoms with Gasteiger partial charge < -0.3 is 4.74 Å². The van der Waals surface area contributed by atoms with Gasteiger partial charge in [-0.05, 0) is 25.8 Å². The number of hydrazine groups is 1. The summed E-state index contributed by atoms with van der Waals surface area (Å²) in [6.45, 7) is 6.84. The Hall–Kier alpha value is -0.910. The van der Waals surface area contributed by atoms with Crippen LogP contribution in [0, 0.1) is 5.92 Å². The molecule has 0 aliphatic carbocycles. The van der Waals surface area contributed by atoms with Gasteiger partial charge in [0.25, 0.3) is 0 Å². The summed E-state index contributed by atoms with van der Waals surface area (Å²) in [7, 11) is 0. The predicted octanol–water partition coefficient (Wildman–Crippen LogP) is 0.876. The number of rotatable bonds is 6. The van der Waals surface area contributed by atoms with Crippen molar-refractivity contribution in [3.05, 3.63) is 17.5 Å². The number of aryl methyl sites for hydroxylation is 2. The first kappa shape index (κ1) is 13.5. The van der Waals surface area contributed by atoms with Gasteiger partial charge in [0.15, 0.2) is 0 Å². The van der Waals surface area contributed by atoms with E-state index in [4.69, 9.17) is 10.6 Å². The molecule has 2 heterocycles. The SMILES string of the molecule is CCc1cc(CC(NN)C2CCOC2)n(CC)n1. The van der Waals surface area contributed by atoms with Gasteiger partial charge in [0.2, 0.25) is 0 Å². The van der Waals surface area contributed by atoms with E-state index < -0.39 is 0 Å². The quantitative estimate of drug-likeness (QED) is 0.582. The zero-order valence-corrected chi connectivity index (χ0v) is 11.4. The van der Waals surface area contributed by atoms with Crippen LogP contribution in [-0.2, 0) is 24.1 Å². The maximum absolute atomic E-state index is 5.70. The Bertz CT molecular complexity index is 371. The third-order valence-electron chi connectivity index (χ3n) is 3.75. The molecular weight excluding hydrogens is 228 g/mol. The molecule has 0 bridgehead atoms. The molecule has 3 N–H and O–H groups in total. The highest BCUT2D eigenvalue weighted by atomic mass is 16.5. The van der Waals surface area contributed by atoms with Crippen LogP contribution in [0.4, 0.5) is 0 Å². The van der Waals surface area contributed by atoms with Crippen molar-refractivity contribution < 1.29 is 4.74 Å². The average molecular weight is 252 g/mol. The summed E-state index contributed by atoms with van der Waals surface area (Å²) >= 11 is 0. The maximum atomic E-state index is 5.70. The van der Waals surface area contributed by atoms with E-state index in [0.29, 0.717) is 5.92 Å². The molecule has 1 aliphatic heterocycles. The van der Waals surface area contributed by atoms with E-state index in [2.05, 4.69) is 35.1 Å². The van der Waals surface area contributed by atoms with Gasteiger partial charge in [-0.2, -0.15) is 5.10 Å². The Balaban J connectivity index is 2.07. The molecule has 1 aromatic rings. The minimum absolute atomic E-state index is 0.277. The Morgan fingerprint density at radius 1 is 1.61 bits per heavy atom. The topological polar surface area (TPSA) is 65.1 Å². The van der Waals surface area contributed by atoms with Gasteiger partial charge in [0, 0.05) is 37.2 Å². The van der Waals surface area contributed by atoms with Crippen molar-refractivity contribution in [2.24, 2.45) is 11.8 Å². The van der Waals surface area contributed by atoms with Crippen molar-refractivity contribution in [3.8, 4) is 0 Å². The molecule has 0 spiro atoms. The highest BCUT2D eigenvalue weighted by Crippen LogP contribution is 2.20. The highest BCUT2D eigenvalue weighted by Gasteiger charge is 2.26. The second-order valence-corrected chi connectivity index (χ2v) is 4.90. The smallest absolute Gasteiger partial charge is 0.0624 e. The van der Waals surface area contributed by atoms with E-state index >= 15 is 0 Å². The normalized spacial score (nSPS) is 21.4. The highest BCUT2D eigenvalue weighted by molar-refractivity contribution is 5.12. The molecular formula is C13H24N4O. The lowest BCUT2D eigenvalue weighted by Crippen LogP contribution is -2.43. The molecule has 5 heteroatoms. The van der Waals surface area contributed by atoms with Crippen LogP contribution in [0.25, 0.3) is 0 Å². The zero-order chi connectivity index (χ0) is 13.0. The van der Waals surface area contributed by atoms with Crippen LogP contribution in [-0.4, -0.2) is 29.0 Å². The third kappa shape index (κ3) is 2.91. The molecule has 102 valence electrons. The van der Waals surface area contributed by atoms with E-state index in [1.807, 2.05) is 0 Å². The fourth-order valence-corrected chi connectivity index (χ4v) is 2.58. The predicted molar refractivity (Wildman–Crippen MR) is 71.0 cm³/mol. The number of aromatic nitrogens is 2. The average Bonchev–Trinajstić information content (AvgIpc) is 3.04. The molecule has 0 radical (unpaired) electrons. The van der Waals surface area contributed by atoms with E-state index in [1.165, 1.54) is 5.69 Å². The van der Waals surface area contributed by atoms with E-state index in [0.717, 1.165) is 44.7 Å². The third-order valence-corrected chi connectivity index (χ3v) is 3.75. The summed E-state index contributed by atoms with van der Waals surface area (Å²) in [5.41, 5.74) is 5.38. The number of hydrogen-bond donors (Lipinski definition) is 2. The first-order chi connectivity index (χ1) is 8.78. The minimum atomic E-state index is 0.277. The van der Waals surface area contributed by atoms with E-state index in [-0.39, 0.29) is 6.04 Å². The van der Waals surface area contributed by atoms with Gasteiger partial charge in [-0.25, -0.2) is 0 Å². The molecule has 1 aromatic heterocycles. The Kier molecular flexibility index (Phi) is 4.74. The Morgan fingerprint density at radius 2 is 2.44 bits per heavy atom. The minimum Gasteiger partial charge on any atom is -0.381 e. The molecule has 2 unspecified atom stereocenters. The lowest BCUT2D eigenvalue weighted by molar-refractivity contribution is 0.176. The fourth-order valence-electron chi connectivity index (χ4n) is 2.58. The summed E-state index contributed by atoms with van der Waals surface area (Å²) in [4.78, 5) is 0. The van der Waals surface area contributed by atoms with Crippen molar-refractivity contribution in [1.29, 1.82) is 0 Å². The van der Waals surface area contributed by atoms with Gasteiger partial charge in [-0.15, -0.1) is 0 Å². The molecule has 2 rings (SSSR count). The number of ether oxygens (including phenoxy) is 1. The maximum Gasteiger partial charge on any atom is 0.0624 e. The van der Waals surface area contributed by atoms with Crippen LogP contribution in [0.1, 0.15) is 31.7 Å². The first-order valence-electron chi connectivity index (χ1n) is 6.87. The number of hydrogen-bond acceptors (Lipinski definition) is 4. The van der Waals surface area contributed by atoms with Crippen LogP contribution in [0.2, 0.25) is 0 Å². The van der Waals surface area contributed by atoms with Crippen LogP contribution < -0.4 is 11.3 Å². The van der Waals surface area contributed by atoms with Gasteiger partial charge in [-0.1, -0.05) is 6.92 Å². The molecule has 0 saturated carbocycles. The lowest BCUT2D eigenvalue weighted by atomic mass is 9.95. The number of nitrogens with one attached hydrogen (secondary N) is 1. The van der Waals surface area contributed by atoms with Crippen LogP contribution in [0.15, 0.2) is 6.07 Å². The Labute approximate surface area is 109 Å². The van der Waals surface area contributed by atoms with Crippen LogP contribution >= 0.6 is 0 Å². The molecule has 1 aliphatic rings. The summed E-state index contributed by atoms with van der Waals surface area (Å²) in [5, 5.41) is 4.58. The molecule has 5 nitrogen and oxygen atoms in total. The largest absolute Gasteiger partial charge is 0.381 e. The van der Waals surface area contributed by atoms with Crippen molar-refractivity contribution in [2.75, 3.05) is 13.2 Å². The van der Waals surface area contributed by atoms with Gasteiger partial charge in [-0.3, -0.25) is 16.0 Å². The summed E-state index contributed by atoms with van der Waals surface area (Å²) < 4.78 is 7.52. The summed E-state index contributed by atoms with van der Waals surface area (Å²) in [6, 6.07) is 2.48. The summed E-state index contributed by atoms with van der Waals surface area (Å²) in [6.07, 6.45) is 2.99. The van der Waals surface area contributed by atoms with E-state index in [1.54, 1.807) is 0 Å². The van der Waals surface area contributed by atoms with Crippen LogP contribution in [0.3, 0.4) is 0 Å². The Morgan fingerprint density at radius 3 is 3.00 bits per heavy atom. The van der Waals surface area contributed by atoms with Crippen molar-refractivity contribution in [3.63, 3.8) is 0 Å². The van der Waals surface area contributed by atoms with Gasteiger partial charge in [0.1, 0.15) is 0 Å². The number of nitrogens with zero attached hydrogens (tertiary/aromatic N) is 2. The molecule has 0 amide bonds. The molecule has 1 fully saturated rings. The molecule has 18 heavy (non-hydrogen) atoms. The lowest BCUT2D eigenvalue weighted by Gasteiger charge is -2.21.